The lowest BCUT2D eigenvalue weighted by Gasteiger charge is -2.27. The molecule has 6 nitrogen and oxygen atoms in total. The third kappa shape index (κ3) is 3.48. The first-order chi connectivity index (χ1) is 14.6. The van der Waals surface area contributed by atoms with Gasteiger partial charge in [0.15, 0.2) is 11.5 Å². The molecule has 0 radical (unpaired) electrons. The van der Waals surface area contributed by atoms with Gasteiger partial charge in [-0.3, -0.25) is 5.01 Å². The van der Waals surface area contributed by atoms with Crippen molar-refractivity contribution < 1.29 is 19.4 Å². The van der Waals surface area contributed by atoms with Gasteiger partial charge in [-0.15, -0.1) is 0 Å². The molecule has 0 saturated heterocycles. The van der Waals surface area contributed by atoms with Gasteiger partial charge in [-0.2, -0.15) is 5.10 Å². The first kappa shape index (κ1) is 19.5. The minimum Gasteiger partial charge on any atom is -0.545 e. The normalized spacial score (nSPS) is 15.6. The van der Waals surface area contributed by atoms with Crippen molar-refractivity contribution in [1.29, 1.82) is 0 Å². The Morgan fingerprint density at radius 3 is 2.23 bits per heavy atom. The van der Waals surface area contributed by atoms with Crippen molar-refractivity contribution in [3.63, 3.8) is 0 Å². The van der Waals surface area contributed by atoms with Gasteiger partial charge in [-0.05, 0) is 29.3 Å². The summed E-state index contributed by atoms with van der Waals surface area (Å²) in [6.07, 6.45) is 0.536. The quantitative estimate of drug-likeness (QED) is 0.633. The largest absolute Gasteiger partial charge is 0.545 e. The fraction of sp³-hybridized carbons (Fsp3) is 0.167. The zero-order valence-electron chi connectivity index (χ0n) is 16.7. The molecule has 0 saturated carbocycles. The molecular weight excluding hydrogens is 380 g/mol. The zero-order valence-corrected chi connectivity index (χ0v) is 16.7. The second kappa shape index (κ2) is 8.29. The van der Waals surface area contributed by atoms with Crippen LogP contribution in [-0.2, 0) is 0 Å². The smallest absolute Gasteiger partial charge is 0.170 e. The highest BCUT2D eigenvalue weighted by Crippen LogP contribution is 2.42. The molecule has 30 heavy (non-hydrogen) atoms. The van der Waals surface area contributed by atoms with Gasteiger partial charge < -0.3 is 19.4 Å². The molecule has 1 aliphatic heterocycles. The van der Waals surface area contributed by atoms with Crippen LogP contribution in [-0.4, -0.2) is 25.9 Å². The van der Waals surface area contributed by atoms with Crippen LogP contribution >= 0.6 is 0 Å². The summed E-state index contributed by atoms with van der Waals surface area (Å²) in [5.74, 6) is -0.827. The van der Waals surface area contributed by atoms with E-state index in [1.165, 1.54) is 14.2 Å². The third-order valence-corrected chi connectivity index (χ3v) is 5.18. The fourth-order valence-electron chi connectivity index (χ4n) is 3.81. The summed E-state index contributed by atoms with van der Waals surface area (Å²) in [5, 5.41) is 18.8. The highest BCUT2D eigenvalue weighted by Gasteiger charge is 2.33. The molecule has 0 spiro atoms. The van der Waals surface area contributed by atoms with Gasteiger partial charge >= 0.3 is 0 Å². The number of carbonyl (C=O) groups is 1. The van der Waals surface area contributed by atoms with Crippen molar-refractivity contribution in [2.45, 2.75) is 12.5 Å². The van der Waals surface area contributed by atoms with E-state index in [2.05, 4.69) is 0 Å². The summed E-state index contributed by atoms with van der Waals surface area (Å²) in [4.78, 5) is 12.1. The van der Waals surface area contributed by atoms with Crippen LogP contribution in [0.25, 0.3) is 0 Å². The van der Waals surface area contributed by atoms with Crippen LogP contribution in [0, 0.1) is 0 Å². The van der Waals surface area contributed by atoms with E-state index in [0.29, 0.717) is 17.7 Å². The van der Waals surface area contributed by atoms with E-state index in [-0.39, 0.29) is 17.4 Å². The molecule has 0 aromatic heterocycles. The van der Waals surface area contributed by atoms with Crippen molar-refractivity contribution in [2.75, 3.05) is 19.2 Å². The Morgan fingerprint density at radius 2 is 1.63 bits per heavy atom. The number of methoxy groups -OCH3 is 2. The Morgan fingerprint density at radius 1 is 0.967 bits per heavy atom. The van der Waals surface area contributed by atoms with Crippen LogP contribution in [0.1, 0.15) is 33.9 Å². The minimum atomic E-state index is -1.32. The molecule has 1 aliphatic rings. The number of nitrogens with zero attached hydrogens (tertiary/aromatic N) is 2. The number of aromatic carboxylic acids is 1. The number of anilines is 1. The van der Waals surface area contributed by atoms with Gasteiger partial charge in [-0.1, -0.05) is 54.6 Å². The number of hydrogen-bond acceptors (Lipinski definition) is 6. The maximum absolute atomic E-state index is 12.1. The summed E-state index contributed by atoms with van der Waals surface area (Å²) in [6, 6.07) is 22.7. The predicted octanol–water partition coefficient (Wildman–Crippen LogP) is 3.42. The molecule has 3 aromatic rings. The van der Waals surface area contributed by atoms with Crippen LogP contribution in [0.5, 0.6) is 11.5 Å². The van der Waals surface area contributed by atoms with Crippen molar-refractivity contribution in [3.8, 4) is 11.5 Å². The third-order valence-electron chi connectivity index (χ3n) is 5.18. The number of carbonyl (C=O) groups excluding carboxylic acids is 1. The lowest BCUT2D eigenvalue weighted by atomic mass is 9.93. The number of hydrazone groups is 1. The van der Waals surface area contributed by atoms with Gasteiger partial charge in [0.25, 0.3) is 0 Å². The van der Waals surface area contributed by atoms with Crippen molar-refractivity contribution in [3.05, 3.63) is 89.5 Å². The number of ether oxygens (including phenoxy) is 2. The number of rotatable bonds is 6. The first-order valence-electron chi connectivity index (χ1n) is 9.57. The Hall–Kier alpha value is -3.80. The molecule has 1 atom stereocenters. The van der Waals surface area contributed by atoms with Gasteiger partial charge in [-0.25, -0.2) is 0 Å². The summed E-state index contributed by atoms with van der Waals surface area (Å²) >= 11 is 0. The van der Waals surface area contributed by atoms with Crippen molar-refractivity contribution >= 4 is 17.4 Å². The first-order valence-corrected chi connectivity index (χ1v) is 9.57. The standard InChI is InChI=1S/C24H22N2O4/c1-29-21-14-13-18(22(24(27)28)23(21)30-2)20-15-19(16-9-5-3-6-10-16)25-26(20)17-11-7-4-8-12-17/h3-14,20H,15H2,1-2H3,(H,27,28)/p-1/t20-/m0/s1. The predicted molar refractivity (Wildman–Crippen MR) is 113 cm³/mol. The number of carboxylic acid groups (broad SMARTS) is 1. The molecule has 0 N–H and O–H groups in total. The van der Waals surface area contributed by atoms with Crippen molar-refractivity contribution in [2.24, 2.45) is 5.10 Å². The Bertz CT molecular complexity index is 1080. The molecule has 1 heterocycles. The molecule has 3 aromatic carbocycles. The Kier molecular flexibility index (Phi) is 5.39. The van der Waals surface area contributed by atoms with Gasteiger partial charge in [0.05, 0.1) is 37.6 Å². The monoisotopic (exact) mass is 401 g/mol. The van der Waals surface area contributed by atoms with E-state index in [1.807, 2.05) is 65.7 Å². The van der Waals surface area contributed by atoms with Gasteiger partial charge in [0, 0.05) is 12.0 Å². The minimum absolute atomic E-state index is 0.0210. The average Bonchev–Trinajstić information content (AvgIpc) is 3.24. The van der Waals surface area contributed by atoms with Crippen LogP contribution in [0.2, 0.25) is 0 Å². The van der Waals surface area contributed by atoms with E-state index >= 15 is 0 Å². The molecule has 4 rings (SSSR count). The number of benzene rings is 3. The highest BCUT2D eigenvalue weighted by molar-refractivity contribution is 6.04. The van der Waals surface area contributed by atoms with Gasteiger partial charge in [0.1, 0.15) is 0 Å². The Balaban J connectivity index is 1.86. The summed E-state index contributed by atoms with van der Waals surface area (Å²) in [7, 11) is 2.89. The van der Waals surface area contributed by atoms with Crippen LogP contribution < -0.4 is 19.6 Å². The molecule has 152 valence electrons. The SMILES string of the molecule is COc1ccc([C@@H]2CC(c3ccccc3)=NN2c2ccccc2)c(C(=O)[O-])c1OC. The molecule has 0 unspecified atom stereocenters. The van der Waals surface area contributed by atoms with E-state index in [0.717, 1.165) is 17.0 Å². The molecular formula is C24H21N2O4-. The average molecular weight is 401 g/mol. The van der Waals surface area contributed by atoms with E-state index in [1.54, 1.807) is 12.1 Å². The maximum atomic E-state index is 12.1. The van der Waals surface area contributed by atoms with Crippen molar-refractivity contribution in [1.82, 2.24) is 0 Å². The van der Waals surface area contributed by atoms with Gasteiger partial charge in [0.2, 0.25) is 0 Å². The highest BCUT2D eigenvalue weighted by atomic mass is 16.5. The zero-order chi connectivity index (χ0) is 21.1. The second-order valence-electron chi connectivity index (χ2n) is 6.87. The maximum Gasteiger partial charge on any atom is 0.170 e. The molecule has 0 amide bonds. The Labute approximate surface area is 175 Å². The molecule has 0 fully saturated rings. The second-order valence-corrected chi connectivity index (χ2v) is 6.87. The number of para-hydroxylation sites is 1. The van der Waals surface area contributed by atoms with Crippen LogP contribution in [0.3, 0.4) is 0 Å². The fourth-order valence-corrected chi connectivity index (χ4v) is 3.81. The van der Waals surface area contributed by atoms with E-state index in [9.17, 15) is 9.90 Å². The topological polar surface area (TPSA) is 74.2 Å². The number of carboxylic acids is 1. The van der Waals surface area contributed by atoms with E-state index < -0.39 is 5.97 Å². The summed E-state index contributed by atoms with van der Waals surface area (Å²) < 4.78 is 10.7. The van der Waals surface area contributed by atoms with Crippen LogP contribution in [0.4, 0.5) is 5.69 Å². The van der Waals surface area contributed by atoms with Crippen LogP contribution in [0.15, 0.2) is 77.9 Å². The van der Waals surface area contributed by atoms with E-state index in [4.69, 9.17) is 14.6 Å². The molecule has 0 aliphatic carbocycles. The lowest BCUT2D eigenvalue weighted by molar-refractivity contribution is -0.255. The lowest BCUT2D eigenvalue weighted by Crippen LogP contribution is -2.28. The molecule has 0 bridgehead atoms. The number of hydrogen-bond donors (Lipinski definition) is 0. The molecule has 6 heteroatoms. The summed E-state index contributed by atoms with van der Waals surface area (Å²) in [5.41, 5.74) is 3.28. The summed E-state index contributed by atoms with van der Waals surface area (Å²) in [6.45, 7) is 0.